The molecule has 0 amide bonds. The smallest absolute Gasteiger partial charge is 0.227 e. The Labute approximate surface area is 135 Å². The van der Waals surface area contributed by atoms with Crippen molar-refractivity contribution in [1.82, 2.24) is 0 Å². The number of aliphatic hydroxyl groups is 1. The molecule has 2 aliphatic rings. The number of ether oxygens (including phenoxy) is 1. The minimum absolute atomic E-state index is 0.119. The van der Waals surface area contributed by atoms with Crippen LogP contribution in [0.4, 0.5) is 0 Å². The summed E-state index contributed by atoms with van der Waals surface area (Å²) in [6, 6.07) is 3.58. The number of rotatable bonds is 1. The van der Waals surface area contributed by atoms with E-state index in [-0.39, 0.29) is 11.5 Å². The van der Waals surface area contributed by atoms with Crippen molar-refractivity contribution < 1.29 is 19.4 Å². The van der Waals surface area contributed by atoms with E-state index in [1.54, 1.807) is 39.2 Å². The zero-order chi connectivity index (χ0) is 17.2. The van der Waals surface area contributed by atoms with Gasteiger partial charge in [0.05, 0.1) is 12.5 Å². The number of Topliss-reactive ketones (excluding diaryl/α,β-unsaturated/α-hetero) is 1. The van der Waals surface area contributed by atoms with Gasteiger partial charge in [0.2, 0.25) is 5.78 Å². The fraction of sp³-hybridized carbons (Fsp3) is 0.368. The Hall–Kier alpha value is -2.36. The second-order valence-corrected chi connectivity index (χ2v) is 6.95. The van der Waals surface area contributed by atoms with Gasteiger partial charge in [-0.15, -0.1) is 0 Å². The maximum Gasteiger partial charge on any atom is 0.227 e. The van der Waals surface area contributed by atoms with Gasteiger partial charge in [0.1, 0.15) is 5.75 Å². The maximum atomic E-state index is 12.7. The van der Waals surface area contributed by atoms with Gasteiger partial charge >= 0.3 is 0 Å². The molecular formula is C19H20O4. The highest BCUT2D eigenvalue weighted by molar-refractivity contribution is 6.13. The Balaban J connectivity index is 2.41. The van der Waals surface area contributed by atoms with Crippen molar-refractivity contribution in [3.05, 3.63) is 52.3 Å². The first-order valence-corrected chi connectivity index (χ1v) is 7.56. The molecule has 23 heavy (non-hydrogen) atoms. The Morgan fingerprint density at radius 1 is 1.13 bits per heavy atom. The first-order valence-electron chi connectivity index (χ1n) is 7.56. The number of hydrogen-bond acceptors (Lipinski definition) is 4. The van der Waals surface area contributed by atoms with E-state index in [0.29, 0.717) is 16.9 Å². The molecule has 0 heterocycles. The van der Waals surface area contributed by atoms with E-state index in [9.17, 15) is 14.7 Å². The van der Waals surface area contributed by atoms with Crippen LogP contribution in [0.15, 0.2) is 35.6 Å². The monoisotopic (exact) mass is 312 g/mol. The first kappa shape index (κ1) is 15.5. The lowest BCUT2D eigenvalue weighted by Crippen LogP contribution is -2.45. The van der Waals surface area contributed by atoms with Gasteiger partial charge in [-0.1, -0.05) is 6.08 Å². The molecule has 120 valence electrons. The van der Waals surface area contributed by atoms with Crippen molar-refractivity contribution in [2.75, 3.05) is 7.11 Å². The SMILES string of the molecule is COc1cc2c(cc1C)C(=O)C(O)=C1C(C)(C)C(=O)C=C[C@]12C. The summed E-state index contributed by atoms with van der Waals surface area (Å²) in [6.45, 7) is 7.26. The van der Waals surface area contributed by atoms with Crippen LogP contribution in [0.2, 0.25) is 0 Å². The second-order valence-electron chi connectivity index (χ2n) is 6.95. The highest BCUT2D eigenvalue weighted by Crippen LogP contribution is 2.52. The Morgan fingerprint density at radius 2 is 1.78 bits per heavy atom. The van der Waals surface area contributed by atoms with E-state index in [0.717, 1.165) is 11.1 Å². The maximum absolute atomic E-state index is 12.7. The summed E-state index contributed by atoms with van der Waals surface area (Å²) in [5.74, 6) is -0.185. The number of aliphatic hydroxyl groups excluding tert-OH is 1. The number of carbonyl (C=O) groups excluding carboxylic acids is 2. The van der Waals surface area contributed by atoms with E-state index in [1.165, 1.54) is 0 Å². The summed E-state index contributed by atoms with van der Waals surface area (Å²) in [4.78, 5) is 25.0. The van der Waals surface area contributed by atoms with E-state index >= 15 is 0 Å². The normalized spacial score (nSPS) is 25.3. The molecule has 0 unspecified atom stereocenters. The Morgan fingerprint density at radius 3 is 2.39 bits per heavy atom. The molecule has 0 spiro atoms. The number of methoxy groups -OCH3 is 1. The summed E-state index contributed by atoms with van der Waals surface area (Å²) >= 11 is 0. The third-order valence-corrected chi connectivity index (χ3v) is 5.12. The lowest BCUT2D eigenvalue weighted by atomic mass is 9.57. The molecule has 0 bridgehead atoms. The summed E-state index contributed by atoms with van der Waals surface area (Å²) < 4.78 is 5.39. The van der Waals surface area contributed by atoms with Crippen LogP contribution in [0.3, 0.4) is 0 Å². The fourth-order valence-electron chi connectivity index (χ4n) is 3.84. The predicted octanol–water partition coefficient (Wildman–Crippen LogP) is 3.43. The van der Waals surface area contributed by atoms with Crippen LogP contribution in [0.25, 0.3) is 0 Å². The fourth-order valence-corrected chi connectivity index (χ4v) is 3.84. The minimum atomic E-state index is -0.931. The van der Waals surface area contributed by atoms with E-state index in [4.69, 9.17) is 4.74 Å². The molecule has 0 aliphatic heterocycles. The van der Waals surface area contributed by atoms with Crippen molar-refractivity contribution in [2.45, 2.75) is 33.1 Å². The van der Waals surface area contributed by atoms with Crippen LogP contribution in [0.5, 0.6) is 5.75 Å². The number of aryl methyl sites for hydroxylation is 1. The summed E-state index contributed by atoms with van der Waals surface area (Å²) in [5, 5.41) is 10.6. The van der Waals surface area contributed by atoms with E-state index in [1.807, 2.05) is 19.9 Å². The molecule has 0 saturated carbocycles. The molecule has 4 nitrogen and oxygen atoms in total. The standard InChI is InChI=1S/C19H20O4/c1-10-8-11-12(9-13(10)23-5)19(4)7-6-14(20)18(2,3)17(19)16(22)15(11)21/h6-9,22H,1-5H3/t19-/m0/s1. The lowest BCUT2D eigenvalue weighted by Gasteiger charge is -2.44. The average Bonchev–Trinajstić information content (AvgIpc) is 2.49. The zero-order valence-corrected chi connectivity index (χ0v) is 14.0. The molecule has 2 aliphatic carbocycles. The molecule has 1 atom stereocenters. The van der Waals surface area contributed by atoms with Crippen LogP contribution in [0.1, 0.15) is 42.3 Å². The largest absolute Gasteiger partial charge is 0.504 e. The highest BCUT2D eigenvalue weighted by Gasteiger charge is 2.51. The average molecular weight is 312 g/mol. The molecule has 1 N–H and O–H groups in total. The topological polar surface area (TPSA) is 63.6 Å². The predicted molar refractivity (Wildman–Crippen MR) is 87.0 cm³/mol. The molecule has 0 radical (unpaired) electrons. The highest BCUT2D eigenvalue weighted by atomic mass is 16.5. The van der Waals surface area contributed by atoms with E-state index < -0.39 is 16.6 Å². The number of benzene rings is 1. The van der Waals surface area contributed by atoms with Gasteiger partial charge in [-0.05, 0) is 57.0 Å². The summed E-state index contributed by atoms with van der Waals surface area (Å²) in [7, 11) is 1.58. The van der Waals surface area contributed by atoms with Gasteiger partial charge in [0, 0.05) is 16.6 Å². The third kappa shape index (κ3) is 1.84. The minimum Gasteiger partial charge on any atom is -0.504 e. The Bertz CT molecular complexity index is 811. The second kappa shape index (κ2) is 4.57. The van der Waals surface area contributed by atoms with Crippen molar-refractivity contribution in [2.24, 2.45) is 5.41 Å². The van der Waals surface area contributed by atoms with Gasteiger partial charge in [0.25, 0.3) is 0 Å². The van der Waals surface area contributed by atoms with Crippen LogP contribution < -0.4 is 4.74 Å². The molecule has 0 fully saturated rings. The van der Waals surface area contributed by atoms with Crippen molar-refractivity contribution >= 4 is 11.6 Å². The van der Waals surface area contributed by atoms with Gasteiger partial charge in [-0.3, -0.25) is 9.59 Å². The number of hydrogen-bond donors (Lipinski definition) is 1. The number of fused-ring (bicyclic) bond motifs is 3. The van der Waals surface area contributed by atoms with Gasteiger partial charge in [0.15, 0.2) is 11.5 Å². The molecule has 3 rings (SSSR count). The third-order valence-electron chi connectivity index (χ3n) is 5.12. The summed E-state index contributed by atoms with van der Waals surface area (Å²) in [5.41, 5.74) is 0.858. The summed E-state index contributed by atoms with van der Waals surface area (Å²) in [6.07, 6.45) is 3.31. The van der Waals surface area contributed by atoms with Gasteiger partial charge < -0.3 is 9.84 Å². The van der Waals surface area contributed by atoms with Crippen molar-refractivity contribution in [3.63, 3.8) is 0 Å². The number of allylic oxidation sites excluding steroid dienone is 4. The van der Waals surface area contributed by atoms with Crippen molar-refractivity contribution in [1.29, 1.82) is 0 Å². The lowest BCUT2D eigenvalue weighted by molar-refractivity contribution is -0.121. The first-order chi connectivity index (χ1) is 10.6. The van der Waals surface area contributed by atoms with Crippen molar-refractivity contribution in [3.8, 4) is 5.75 Å². The molecule has 1 aromatic carbocycles. The quantitative estimate of drug-likeness (QED) is 0.863. The number of carbonyl (C=O) groups is 2. The zero-order valence-electron chi connectivity index (χ0n) is 14.0. The number of ketones is 2. The molecule has 0 saturated heterocycles. The van der Waals surface area contributed by atoms with Gasteiger partial charge in [-0.2, -0.15) is 0 Å². The van der Waals surface area contributed by atoms with Crippen LogP contribution in [-0.4, -0.2) is 23.8 Å². The molecule has 1 aromatic rings. The molecule has 0 aromatic heterocycles. The van der Waals surface area contributed by atoms with Crippen LogP contribution in [0, 0.1) is 12.3 Å². The molecular weight excluding hydrogens is 292 g/mol. The van der Waals surface area contributed by atoms with Gasteiger partial charge in [-0.25, -0.2) is 0 Å². The van der Waals surface area contributed by atoms with Crippen LogP contribution in [-0.2, 0) is 10.2 Å². The Kier molecular flexibility index (Phi) is 3.09. The van der Waals surface area contributed by atoms with E-state index in [2.05, 4.69) is 0 Å². The molecule has 4 heteroatoms. The van der Waals surface area contributed by atoms with Crippen LogP contribution >= 0.6 is 0 Å².